The molecule has 4 nitrogen and oxygen atoms in total. The number of benzene rings is 3. The lowest BCUT2D eigenvalue weighted by Gasteiger charge is -2.19. The van der Waals surface area contributed by atoms with Crippen molar-refractivity contribution in [3.63, 3.8) is 0 Å². The second-order valence-corrected chi connectivity index (χ2v) is 9.18. The maximum atomic E-state index is 12.3. The maximum Gasteiger partial charge on any atom is 0.338 e. The Bertz CT molecular complexity index is 1170. The van der Waals surface area contributed by atoms with Crippen molar-refractivity contribution < 1.29 is 9.53 Å². The Morgan fingerprint density at radius 2 is 1.47 bits per heavy atom. The van der Waals surface area contributed by atoms with Crippen molar-refractivity contribution in [2.24, 2.45) is 0 Å². The van der Waals surface area contributed by atoms with Crippen LogP contribution in [-0.4, -0.2) is 21.4 Å². The van der Waals surface area contributed by atoms with Gasteiger partial charge in [-0.05, 0) is 70.2 Å². The molecule has 0 fully saturated rings. The number of esters is 1. The van der Waals surface area contributed by atoms with Gasteiger partial charge in [0, 0.05) is 16.1 Å². The van der Waals surface area contributed by atoms with Gasteiger partial charge < -0.3 is 4.74 Å². The molecule has 0 spiro atoms. The van der Waals surface area contributed by atoms with Gasteiger partial charge in [0.2, 0.25) is 0 Å². The average molecular weight is 445 g/mol. The van der Waals surface area contributed by atoms with Crippen LogP contribution >= 0.6 is 11.6 Å². The minimum absolute atomic E-state index is 0.337. The molecule has 0 aliphatic heterocycles. The number of hydrogen-bond donors (Lipinski definition) is 0. The SMILES string of the molecule is Cc1ccc(-c2cc(-c3ccc(C(=O)OC(C)(C)C)cc3)nn2-c2ccc(Cl)cc2)cc1. The van der Waals surface area contributed by atoms with Gasteiger partial charge in [-0.1, -0.05) is 53.6 Å². The molecule has 0 saturated heterocycles. The second kappa shape index (κ2) is 8.64. The molecule has 0 radical (unpaired) electrons. The third-order valence-electron chi connectivity index (χ3n) is 4.94. The Morgan fingerprint density at radius 1 is 0.875 bits per heavy atom. The first-order chi connectivity index (χ1) is 15.2. The van der Waals surface area contributed by atoms with Crippen LogP contribution in [0.4, 0.5) is 0 Å². The number of carbonyl (C=O) groups is 1. The molecule has 0 N–H and O–H groups in total. The topological polar surface area (TPSA) is 44.1 Å². The Hall–Kier alpha value is -3.37. The van der Waals surface area contributed by atoms with E-state index in [1.807, 2.05) is 61.9 Å². The highest BCUT2D eigenvalue weighted by molar-refractivity contribution is 6.30. The van der Waals surface area contributed by atoms with E-state index in [4.69, 9.17) is 21.4 Å². The van der Waals surface area contributed by atoms with Crippen LogP contribution in [0, 0.1) is 6.92 Å². The lowest BCUT2D eigenvalue weighted by molar-refractivity contribution is 0.00695. The molecule has 0 aliphatic carbocycles. The van der Waals surface area contributed by atoms with Crippen molar-refractivity contribution in [2.45, 2.75) is 33.3 Å². The van der Waals surface area contributed by atoms with Gasteiger partial charge >= 0.3 is 5.97 Å². The Labute approximate surface area is 193 Å². The molecule has 0 atom stereocenters. The van der Waals surface area contributed by atoms with Gasteiger partial charge in [-0.3, -0.25) is 0 Å². The number of nitrogens with zero attached hydrogens (tertiary/aromatic N) is 2. The zero-order valence-electron chi connectivity index (χ0n) is 18.6. The zero-order chi connectivity index (χ0) is 22.9. The van der Waals surface area contributed by atoms with Crippen LogP contribution in [0.2, 0.25) is 5.02 Å². The summed E-state index contributed by atoms with van der Waals surface area (Å²) in [5.74, 6) is -0.337. The van der Waals surface area contributed by atoms with Crippen LogP contribution in [-0.2, 0) is 4.74 Å². The molecular weight excluding hydrogens is 420 g/mol. The number of rotatable bonds is 4. The highest BCUT2D eigenvalue weighted by Gasteiger charge is 2.18. The highest BCUT2D eigenvalue weighted by Crippen LogP contribution is 2.30. The largest absolute Gasteiger partial charge is 0.456 e. The third-order valence-corrected chi connectivity index (χ3v) is 5.20. The molecule has 0 bridgehead atoms. The average Bonchev–Trinajstić information content (AvgIpc) is 3.19. The van der Waals surface area contributed by atoms with E-state index >= 15 is 0 Å². The van der Waals surface area contributed by atoms with Crippen molar-refractivity contribution in [3.8, 4) is 28.2 Å². The number of hydrogen-bond acceptors (Lipinski definition) is 3. The summed E-state index contributed by atoms with van der Waals surface area (Å²) in [6.45, 7) is 7.64. The number of ether oxygens (including phenoxy) is 1. The third kappa shape index (κ3) is 4.92. The molecule has 162 valence electrons. The van der Waals surface area contributed by atoms with Crippen LogP contribution in [0.5, 0.6) is 0 Å². The van der Waals surface area contributed by atoms with Gasteiger partial charge in [0.1, 0.15) is 5.60 Å². The molecule has 32 heavy (non-hydrogen) atoms. The predicted octanol–water partition coefficient (Wildman–Crippen LogP) is 7.12. The quantitative estimate of drug-likeness (QED) is 0.314. The minimum Gasteiger partial charge on any atom is -0.456 e. The molecule has 0 unspecified atom stereocenters. The van der Waals surface area contributed by atoms with E-state index in [1.54, 1.807) is 12.1 Å². The van der Waals surface area contributed by atoms with Gasteiger partial charge in [-0.25, -0.2) is 9.48 Å². The van der Waals surface area contributed by atoms with Crippen molar-refractivity contribution in [3.05, 3.63) is 95.0 Å². The summed E-state index contributed by atoms with van der Waals surface area (Å²) in [7, 11) is 0. The number of halogens is 1. The molecule has 1 heterocycles. The number of aryl methyl sites for hydroxylation is 1. The molecule has 4 aromatic rings. The maximum absolute atomic E-state index is 12.3. The summed E-state index contributed by atoms with van der Waals surface area (Å²) >= 11 is 6.09. The monoisotopic (exact) mass is 444 g/mol. The normalized spacial score (nSPS) is 11.4. The summed E-state index contributed by atoms with van der Waals surface area (Å²) in [5, 5.41) is 5.55. The molecule has 3 aromatic carbocycles. The molecule has 1 aromatic heterocycles. The molecule has 4 rings (SSSR count). The number of aromatic nitrogens is 2. The molecular formula is C27H25ClN2O2. The number of carbonyl (C=O) groups excluding carboxylic acids is 1. The first-order valence-electron chi connectivity index (χ1n) is 10.5. The van der Waals surface area contributed by atoms with Gasteiger partial charge in [-0.15, -0.1) is 0 Å². The summed E-state index contributed by atoms with van der Waals surface area (Å²) in [4.78, 5) is 12.3. The standard InChI is InChI=1S/C27H25ClN2O2/c1-18-5-7-20(8-6-18)25-17-24(29-30(25)23-15-13-22(28)14-16-23)19-9-11-21(12-10-19)26(31)32-27(2,3)4/h5-17H,1-4H3. The van der Waals surface area contributed by atoms with Crippen LogP contribution < -0.4 is 0 Å². The van der Waals surface area contributed by atoms with Crippen LogP contribution in [0.3, 0.4) is 0 Å². The van der Waals surface area contributed by atoms with Gasteiger partial charge in [0.25, 0.3) is 0 Å². The molecule has 0 aliphatic rings. The van der Waals surface area contributed by atoms with E-state index in [-0.39, 0.29) is 5.97 Å². The van der Waals surface area contributed by atoms with E-state index in [9.17, 15) is 4.79 Å². The fourth-order valence-corrected chi connectivity index (χ4v) is 3.47. The van der Waals surface area contributed by atoms with Crippen LogP contribution in [0.1, 0.15) is 36.7 Å². The predicted molar refractivity (Wildman–Crippen MR) is 129 cm³/mol. The van der Waals surface area contributed by atoms with Gasteiger partial charge in [0.15, 0.2) is 0 Å². The first kappa shape index (κ1) is 21.8. The minimum atomic E-state index is -0.532. The van der Waals surface area contributed by atoms with Crippen LogP contribution in [0.25, 0.3) is 28.2 Å². The smallest absolute Gasteiger partial charge is 0.338 e. The van der Waals surface area contributed by atoms with E-state index in [0.717, 1.165) is 28.2 Å². The first-order valence-corrected chi connectivity index (χ1v) is 10.8. The van der Waals surface area contributed by atoms with Gasteiger partial charge in [-0.2, -0.15) is 5.10 Å². The summed E-state index contributed by atoms with van der Waals surface area (Å²) in [5.41, 5.74) is 5.86. The zero-order valence-corrected chi connectivity index (χ0v) is 19.4. The summed E-state index contributed by atoms with van der Waals surface area (Å²) in [6.07, 6.45) is 0. The van der Waals surface area contributed by atoms with Crippen molar-refractivity contribution >= 4 is 17.6 Å². The van der Waals surface area contributed by atoms with Crippen molar-refractivity contribution in [1.82, 2.24) is 9.78 Å². The lowest BCUT2D eigenvalue weighted by Crippen LogP contribution is -2.23. The van der Waals surface area contributed by atoms with E-state index in [2.05, 4.69) is 37.3 Å². The molecule has 0 saturated carbocycles. The van der Waals surface area contributed by atoms with E-state index < -0.39 is 5.60 Å². The van der Waals surface area contributed by atoms with Crippen molar-refractivity contribution in [2.75, 3.05) is 0 Å². The highest BCUT2D eigenvalue weighted by atomic mass is 35.5. The van der Waals surface area contributed by atoms with Crippen LogP contribution in [0.15, 0.2) is 78.9 Å². The lowest BCUT2D eigenvalue weighted by atomic mass is 10.1. The fraction of sp³-hybridized carbons (Fsp3) is 0.185. The summed E-state index contributed by atoms with van der Waals surface area (Å²) < 4.78 is 7.37. The fourth-order valence-electron chi connectivity index (χ4n) is 3.35. The summed E-state index contributed by atoms with van der Waals surface area (Å²) in [6, 6.07) is 25.4. The second-order valence-electron chi connectivity index (χ2n) is 8.75. The van der Waals surface area contributed by atoms with Crippen molar-refractivity contribution in [1.29, 1.82) is 0 Å². The molecule has 5 heteroatoms. The molecule has 0 amide bonds. The van der Waals surface area contributed by atoms with E-state index in [0.29, 0.717) is 10.6 Å². The van der Waals surface area contributed by atoms with E-state index in [1.165, 1.54) is 5.56 Å². The van der Waals surface area contributed by atoms with Gasteiger partial charge in [0.05, 0.1) is 22.6 Å². The Kier molecular flexibility index (Phi) is 5.90. The Balaban J connectivity index is 1.73. The Morgan fingerprint density at radius 3 is 2.06 bits per heavy atom.